The highest BCUT2D eigenvalue weighted by Crippen LogP contribution is 2.21. The van der Waals surface area contributed by atoms with Gasteiger partial charge in [0, 0.05) is 17.1 Å². The van der Waals surface area contributed by atoms with E-state index >= 15 is 0 Å². The van der Waals surface area contributed by atoms with Gasteiger partial charge in [-0.25, -0.2) is 4.39 Å². The fourth-order valence-electron chi connectivity index (χ4n) is 1.55. The van der Waals surface area contributed by atoms with E-state index in [2.05, 4.69) is 5.32 Å². The Labute approximate surface area is 126 Å². The lowest BCUT2D eigenvalue weighted by Gasteiger charge is -2.10. The van der Waals surface area contributed by atoms with E-state index in [0.717, 1.165) is 11.1 Å². The molecular weight excluding hydrogens is 304 g/mol. The lowest BCUT2D eigenvalue weighted by molar-refractivity contribution is 0.627. The summed E-state index contributed by atoms with van der Waals surface area (Å²) in [5.41, 5.74) is 1.66. The van der Waals surface area contributed by atoms with Gasteiger partial charge < -0.3 is 5.32 Å². The van der Waals surface area contributed by atoms with E-state index < -0.39 is 0 Å². The summed E-state index contributed by atoms with van der Waals surface area (Å²) in [4.78, 5) is 0.533. The van der Waals surface area contributed by atoms with E-state index in [4.69, 9.17) is 35.4 Å². The number of rotatable bonds is 3. The van der Waals surface area contributed by atoms with Crippen LogP contribution in [0.15, 0.2) is 42.5 Å². The third-order valence-corrected chi connectivity index (χ3v) is 3.45. The molecule has 0 heterocycles. The molecule has 0 aliphatic heterocycles. The van der Waals surface area contributed by atoms with E-state index in [9.17, 15) is 4.39 Å². The molecule has 0 spiro atoms. The van der Waals surface area contributed by atoms with Crippen molar-refractivity contribution < 1.29 is 4.39 Å². The average molecular weight is 314 g/mol. The van der Waals surface area contributed by atoms with Crippen LogP contribution in [0.5, 0.6) is 0 Å². The fraction of sp³-hybridized carbons (Fsp3) is 0.0714. The molecule has 0 unspecified atom stereocenters. The van der Waals surface area contributed by atoms with Gasteiger partial charge in [0.15, 0.2) is 0 Å². The van der Waals surface area contributed by atoms with Crippen LogP contribution in [-0.4, -0.2) is 4.99 Å². The molecule has 2 aromatic rings. The number of halogens is 3. The maximum atomic E-state index is 12.8. The third kappa shape index (κ3) is 3.90. The number of thiocarbonyl (C=S) groups is 1. The average Bonchev–Trinajstić information content (AvgIpc) is 2.37. The molecule has 0 fully saturated rings. The van der Waals surface area contributed by atoms with E-state index in [1.807, 2.05) is 0 Å². The smallest absolute Gasteiger partial charge is 0.123 e. The topological polar surface area (TPSA) is 12.0 Å². The highest BCUT2D eigenvalue weighted by molar-refractivity contribution is 7.80. The Morgan fingerprint density at radius 3 is 2.42 bits per heavy atom. The summed E-state index contributed by atoms with van der Waals surface area (Å²) in [6.45, 7) is 0.512. The SMILES string of the molecule is Fc1ccc(CNC(=S)c2ccc(Cl)cc2Cl)cc1. The molecule has 0 saturated carbocycles. The Bertz CT molecular complexity index is 599. The van der Waals surface area contributed by atoms with Gasteiger partial charge in [0.2, 0.25) is 0 Å². The van der Waals surface area contributed by atoms with Crippen molar-refractivity contribution in [3.05, 3.63) is 69.5 Å². The van der Waals surface area contributed by atoms with E-state index in [-0.39, 0.29) is 5.82 Å². The summed E-state index contributed by atoms with van der Waals surface area (Å²) in [5, 5.41) is 4.15. The maximum absolute atomic E-state index is 12.8. The maximum Gasteiger partial charge on any atom is 0.123 e. The van der Waals surface area contributed by atoms with Crippen LogP contribution in [0.4, 0.5) is 4.39 Å². The highest BCUT2D eigenvalue weighted by atomic mass is 35.5. The normalized spacial score (nSPS) is 10.3. The Kier molecular flexibility index (Phi) is 4.75. The second kappa shape index (κ2) is 6.33. The van der Waals surface area contributed by atoms with Crippen molar-refractivity contribution in [2.75, 3.05) is 0 Å². The zero-order chi connectivity index (χ0) is 13.8. The molecule has 0 atom stereocenters. The van der Waals surface area contributed by atoms with Crippen LogP contribution in [0.2, 0.25) is 10.0 Å². The zero-order valence-electron chi connectivity index (χ0n) is 9.79. The molecule has 5 heteroatoms. The van der Waals surface area contributed by atoms with Crippen LogP contribution in [0.1, 0.15) is 11.1 Å². The summed E-state index contributed by atoms with van der Waals surface area (Å²) in [6.07, 6.45) is 0. The van der Waals surface area contributed by atoms with Crippen molar-refractivity contribution in [1.82, 2.24) is 5.32 Å². The van der Waals surface area contributed by atoms with Crippen LogP contribution < -0.4 is 5.32 Å². The van der Waals surface area contributed by atoms with Crippen LogP contribution in [0.25, 0.3) is 0 Å². The van der Waals surface area contributed by atoms with Gasteiger partial charge in [-0.05, 0) is 35.9 Å². The van der Waals surface area contributed by atoms with Gasteiger partial charge in [-0.3, -0.25) is 0 Å². The van der Waals surface area contributed by atoms with Crippen molar-refractivity contribution in [3.8, 4) is 0 Å². The Morgan fingerprint density at radius 1 is 1.11 bits per heavy atom. The van der Waals surface area contributed by atoms with Crippen molar-refractivity contribution in [2.45, 2.75) is 6.54 Å². The molecule has 2 rings (SSSR count). The quantitative estimate of drug-likeness (QED) is 0.831. The van der Waals surface area contributed by atoms with Crippen LogP contribution in [0.3, 0.4) is 0 Å². The van der Waals surface area contributed by atoms with Gasteiger partial charge in [0.25, 0.3) is 0 Å². The van der Waals surface area contributed by atoms with E-state index in [1.165, 1.54) is 12.1 Å². The summed E-state index contributed by atoms with van der Waals surface area (Å²) in [5.74, 6) is -0.257. The molecule has 1 N–H and O–H groups in total. The van der Waals surface area contributed by atoms with Crippen molar-refractivity contribution >= 4 is 40.4 Å². The predicted octanol–water partition coefficient (Wildman–Crippen LogP) is 4.60. The Hall–Kier alpha value is -1.16. The lowest BCUT2D eigenvalue weighted by Crippen LogP contribution is -2.22. The van der Waals surface area contributed by atoms with Crippen LogP contribution in [0, 0.1) is 5.82 Å². The first-order valence-electron chi connectivity index (χ1n) is 5.54. The molecule has 0 radical (unpaired) electrons. The molecule has 0 aliphatic rings. The lowest BCUT2D eigenvalue weighted by atomic mass is 10.2. The van der Waals surface area contributed by atoms with Gasteiger partial charge >= 0.3 is 0 Å². The number of hydrogen-bond donors (Lipinski definition) is 1. The van der Waals surface area contributed by atoms with Crippen LogP contribution >= 0.6 is 35.4 Å². The van der Waals surface area contributed by atoms with Gasteiger partial charge in [0.05, 0.1) is 5.02 Å². The molecule has 0 aliphatic carbocycles. The van der Waals surface area contributed by atoms with Crippen molar-refractivity contribution in [1.29, 1.82) is 0 Å². The number of benzene rings is 2. The first-order valence-corrected chi connectivity index (χ1v) is 6.70. The van der Waals surface area contributed by atoms with Crippen LogP contribution in [-0.2, 0) is 6.54 Å². The molecule has 0 aromatic heterocycles. The van der Waals surface area contributed by atoms with E-state index in [0.29, 0.717) is 21.6 Å². The molecule has 0 amide bonds. The second-order valence-electron chi connectivity index (χ2n) is 3.93. The molecule has 98 valence electrons. The first-order chi connectivity index (χ1) is 9.06. The fourth-order valence-corrected chi connectivity index (χ4v) is 2.36. The first kappa shape index (κ1) is 14.3. The highest BCUT2D eigenvalue weighted by Gasteiger charge is 2.06. The molecule has 0 saturated heterocycles. The van der Waals surface area contributed by atoms with Gasteiger partial charge in [-0.2, -0.15) is 0 Å². The summed E-state index contributed by atoms with van der Waals surface area (Å²) < 4.78 is 12.8. The molecule has 2 aromatic carbocycles. The van der Waals surface area contributed by atoms with Crippen molar-refractivity contribution in [2.24, 2.45) is 0 Å². The minimum atomic E-state index is -0.257. The standard InChI is InChI=1S/C14H10Cl2FNS/c15-10-3-6-12(13(16)7-10)14(19)18-8-9-1-4-11(17)5-2-9/h1-7H,8H2,(H,18,19). The Morgan fingerprint density at radius 2 is 1.79 bits per heavy atom. The number of hydrogen-bond acceptors (Lipinski definition) is 1. The monoisotopic (exact) mass is 313 g/mol. The van der Waals surface area contributed by atoms with Gasteiger partial charge in [0.1, 0.15) is 10.8 Å². The number of nitrogens with one attached hydrogen (secondary N) is 1. The Balaban J connectivity index is 2.03. The molecule has 1 nitrogen and oxygen atoms in total. The van der Waals surface area contributed by atoms with Gasteiger partial charge in [-0.1, -0.05) is 47.6 Å². The minimum Gasteiger partial charge on any atom is -0.372 e. The summed E-state index contributed by atoms with van der Waals surface area (Å²) in [7, 11) is 0. The van der Waals surface area contributed by atoms with E-state index in [1.54, 1.807) is 30.3 Å². The predicted molar refractivity (Wildman–Crippen MR) is 81.4 cm³/mol. The molecule has 19 heavy (non-hydrogen) atoms. The summed E-state index contributed by atoms with van der Waals surface area (Å²) >= 11 is 17.2. The molecule has 0 bridgehead atoms. The molecular formula is C14H10Cl2FNS. The minimum absolute atomic E-state index is 0.257. The summed E-state index contributed by atoms with van der Waals surface area (Å²) in [6, 6.07) is 11.4. The second-order valence-corrected chi connectivity index (χ2v) is 5.19. The van der Waals surface area contributed by atoms with Crippen molar-refractivity contribution in [3.63, 3.8) is 0 Å². The zero-order valence-corrected chi connectivity index (χ0v) is 12.1. The van der Waals surface area contributed by atoms with Gasteiger partial charge in [-0.15, -0.1) is 0 Å². The third-order valence-electron chi connectivity index (χ3n) is 2.54. The largest absolute Gasteiger partial charge is 0.372 e.